The number of aryl methyl sites for hydroxylation is 1. The highest BCUT2D eigenvalue weighted by atomic mass is 16.4. The summed E-state index contributed by atoms with van der Waals surface area (Å²) in [5.41, 5.74) is 3.14. The summed E-state index contributed by atoms with van der Waals surface area (Å²) < 4.78 is 1.32. The summed E-state index contributed by atoms with van der Waals surface area (Å²) in [5.74, 6) is -1.23. The van der Waals surface area contributed by atoms with Crippen LogP contribution < -0.4 is 0 Å². The number of carboxylic acids is 1. The van der Waals surface area contributed by atoms with Crippen LogP contribution in [0.4, 0.5) is 0 Å². The molecule has 2 aromatic heterocycles. The van der Waals surface area contributed by atoms with Gasteiger partial charge in [0, 0.05) is 24.1 Å². The summed E-state index contributed by atoms with van der Waals surface area (Å²) in [7, 11) is 0. The summed E-state index contributed by atoms with van der Waals surface area (Å²) >= 11 is 0. The molecule has 1 aromatic carbocycles. The van der Waals surface area contributed by atoms with Gasteiger partial charge in [-0.05, 0) is 19.1 Å². The van der Waals surface area contributed by atoms with Gasteiger partial charge in [0.05, 0.1) is 23.1 Å². The molecule has 3 rings (SSSR count). The molecule has 0 aliphatic rings. The normalized spacial score (nSPS) is 10.9. The largest absolute Gasteiger partial charge is 0.480 e. The Morgan fingerprint density at radius 1 is 1.22 bits per heavy atom. The molecule has 0 unspecified atom stereocenters. The van der Waals surface area contributed by atoms with E-state index in [0.29, 0.717) is 16.6 Å². The predicted molar refractivity (Wildman–Crippen MR) is 83.1 cm³/mol. The third-order valence-electron chi connectivity index (χ3n) is 3.45. The Labute approximate surface area is 131 Å². The van der Waals surface area contributed by atoms with Gasteiger partial charge >= 0.3 is 5.97 Å². The molecule has 0 atom stereocenters. The molecule has 0 saturated heterocycles. The van der Waals surface area contributed by atoms with Crippen LogP contribution in [0.1, 0.15) is 23.1 Å². The minimum atomic E-state index is -1.02. The monoisotopic (exact) mass is 310 g/mol. The molecule has 3 aromatic rings. The molecule has 0 spiro atoms. The van der Waals surface area contributed by atoms with Crippen molar-refractivity contribution >= 4 is 22.7 Å². The first-order valence-corrected chi connectivity index (χ1v) is 6.98. The Morgan fingerprint density at radius 3 is 2.61 bits per heavy atom. The van der Waals surface area contributed by atoms with E-state index in [1.165, 1.54) is 11.6 Å². The summed E-state index contributed by atoms with van der Waals surface area (Å²) in [6.07, 6.45) is 3.32. The topological polar surface area (TPSA) is 98.0 Å². The average molecular weight is 310 g/mol. The zero-order chi connectivity index (χ0) is 16.6. The Kier molecular flexibility index (Phi) is 3.61. The second-order valence-electron chi connectivity index (χ2n) is 5.23. The number of aromatic nitrogens is 4. The minimum absolute atomic E-state index is 0.216. The first kappa shape index (κ1) is 14.8. The smallest absolute Gasteiger partial charge is 0.325 e. The third-order valence-corrected chi connectivity index (χ3v) is 3.45. The van der Waals surface area contributed by atoms with Gasteiger partial charge in [0.25, 0.3) is 0 Å². The highest BCUT2D eigenvalue weighted by Crippen LogP contribution is 2.25. The molecule has 0 aliphatic carbocycles. The molecule has 116 valence electrons. The standard InChI is InChI=1S/C16H14N4O3/c1-9-6-18-13(7-17-9)11-3-4-14-12(5-11)16(10(2)21)19-20(14)8-15(22)23/h3-7H,8H2,1-2H3,(H,22,23). The lowest BCUT2D eigenvalue weighted by Crippen LogP contribution is -2.10. The van der Waals surface area contributed by atoms with Gasteiger partial charge < -0.3 is 5.11 Å². The Hall–Kier alpha value is -3.09. The lowest BCUT2D eigenvalue weighted by molar-refractivity contribution is -0.137. The van der Waals surface area contributed by atoms with Crippen molar-refractivity contribution in [3.05, 3.63) is 42.0 Å². The summed E-state index contributed by atoms with van der Waals surface area (Å²) in [6.45, 7) is 2.96. The van der Waals surface area contributed by atoms with E-state index in [0.717, 1.165) is 11.3 Å². The first-order chi connectivity index (χ1) is 11.0. The zero-order valence-electron chi connectivity index (χ0n) is 12.6. The van der Waals surface area contributed by atoms with E-state index in [1.54, 1.807) is 24.5 Å². The van der Waals surface area contributed by atoms with Crippen LogP contribution in [-0.4, -0.2) is 36.6 Å². The van der Waals surface area contributed by atoms with Crippen molar-refractivity contribution in [1.82, 2.24) is 19.7 Å². The van der Waals surface area contributed by atoms with Gasteiger partial charge in [-0.3, -0.25) is 24.2 Å². The number of hydrogen-bond donors (Lipinski definition) is 1. The molecule has 23 heavy (non-hydrogen) atoms. The number of benzene rings is 1. The van der Waals surface area contributed by atoms with Gasteiger partial charge in [-0.15, -0.1) is 0 Å². The molecule has 7 nitrogen and oxygen atoms in total. The molecule has 0 amide bonds. The SMILES string of the molecule is CC(=O)c1nn(CC(=O)O)c2ccc(-c3cnc(C)cn3)cc12. The fourth-order valence-electron chi connectivity index (χ4n) is 2.39. The Bertz CT molecular complexity index is 913. The molecule has 0 fully saturated rings. The van der Waals surface area contributed by atoms with Crippen LogP contribution >= 0.6 is 0 Å². The molecule has 1 N–H and O–H groups in total. The number of carbonyl (C=O) groups is 2. The van der Waals surface area contributed by atoms with Crippen molar-refractivity contribution in [3.8, 4) is 11.3 Å². The van der Waals surface area contributed by atoms with E-state index in [9.17, 15) is 9.59 Å². The lowest BCUT2D eigenvalue weighted by Gasteiger charge is -2.03. The summed E-state index contributed by atoms with van der Waals surface area (Å²) in [4.78, 5) is 31.3. The van der Waals surface area contributed by atoms with Crippen molar-refractivity contribution in [1.29, 1.82) is 0 Å². The van der Waals surface area contributed by atoms with Crippen LogP contribution in [0.3, 0.4) is 0 Å². The zero-order valence-corrected chi connectivity index (χ0v) is 12.6. The highest BCUT2D eigenvalue weighted by Gasteiger charge is 2.16. The number of Topliss-reactive ketones (excluding diaryl/α,β-unsaturated/α-hetero) is 1. The third kappa shape index (κ3) is 2.80. The van der Waals surface area contributed by atoms with E-state index >= 15 is 0 Å². The molecule has 2 heterocycles. The Balaban J connectivity index is 2.18. The molecular weight excluding hydrogens is 296 g/mol. The van der Waals surface area contributed by atoms with Crippen molar-refractivity contribution in [2.24, 2.45) is 0 Å². The van der Waals surface area contributed by atoms with Crippen molar-refractivity contribution < 1.29 is 14.7 Å². The maximum atomic E-state index is 11.8. The number of ketones is 1. The second-order valence-corrected chi connectivity index (χ2v) is 5.23. The number of aliphatic carboxylic acids is 1. The van der Waals surface area contributed by atoms with Crippen LogP contribution in [-0.2, 0) is 11.3 Å². The minimum Gasteiger partial charge on any atom is -0.480 e. The fourth-order valence-corrected chi connectivity index (χ4v) is 2.39. The predicted octanol–water partition coefficient (Wildman–Crippen LogP) is 2.09. The highest BCUT2D eigenvalue weighted by molar-refractivity contribution is 6.05. The van der Waals surface area contributed by atoms with Crippen molar-refractivity contribution in [2.75, 3.05) is 0 Å². The van der Waals surface area contributed by atoms with Gasteiger partial charge in [0.1, 0.15) is 12.2 Å². The number of carbonyl (C=O) groups excluding carboxylic acids is 1. The van der Waals surface area contributed by atoms with E-state index < -0.39 is 5.97 Å². The van der Waals surface area contributed by atoms with Gasteiger partial charge in [-0.25, -0.2) is 0 Å². The maximum Gasteiger partial charge on any atom is 0.325 e. The number of rotatable bonds is 4. The van der Waals surface area contributed by atoms with Crippen LogP contribution in [0.25, 0.3) is 22.2 Å². The van der Waals surface area contributed by atoms with Gasteiger partial charge in [0.2, 0.25) is 0 Å². The quantitative estimate of drug-likeness (QED) is 0.741. The lowest BCUT2D eigenvalue weighted by atomic mass is 10.1. The molecule has 0 bridgehead atoms. The molecular formula is C16H14N4O3. The van der Waals surface area contributed by atoms with Crippen LogP contribution in [0.2, 0.25) is 0 Å². The number of nitrogens with zero attached hydrogens (tertiary/aromatic N) is 4. The molecule has 0 aliphatic heterocycles. The molecule has 7 heteroatoms. The van der Waals surface area contributed by atoms with E-state index in [2.05, 4.69) is 15.1 Å². The second kappa shape index (κ2) is 5.60. The molecule has 0 radical (unpaired) electrons. The fraction of sp³-hybridized carbons (Fsp3) is 0.188. The Morgan fingerprint density at radius 2 is 2.00 bits per heavy atom. The molecule has 0 saturated carbocycles. The number of hydrogen-bond acceptors (Lipinski definition) is 5. The average Bonchev–Trinajstić information content (AvgIpc) is 2.85. The van der Waals surface area contributed by atoms with E-state index in [-0.39, 0.29) is 18.0 Å². The van der Waals surface area contributed by atoms with E-state index in [4.69, 9.17) is 5.11 Å². The number of fused-ring (bicyclic) bond motifs is 1. The summed E-state index contributed by atoms with van der Waals surface area (Å²) in [6, 6.07) is 5.34. The summed E-state index contributed by atoms with van der Waals surface area (Å²) in [5, 5.41) is 13.7. The van der Waals surface area contributed by atoms with Crippen LogP contribution in [0.15, 0.2) is 30.6 Å². The van der Waals surface area contributed by atoms with Crippen molar-refractivity contribution in [3.63, 3.8) is 0 Å². The van der Waals surface area contributed by atoms with Gasteiger partial charge in [-0.2, -0.15) is 5.10 Å². The van der Waals surface area contributed by atoms with E-state index in [1.807, 2.05) is 13.0 Å². The van der Waals surface area contributed by atoms with Gasteiger partial charge in [-0.1, -0.05) is 6.07 Å². The van der Waals surface area contributed by atoms with Gasteiger partial charge in [0.15, 0.2) is 5.78 Å². The first-order valence-electron chi connectivity index (χ1n) is 6.98. The van der Waals surface area contributed by atoms with Crippen LogP contribution in [0, 0.1) is 6.92 Å². The number of carboxylic acid groups (broad SMARTS) is 1. The maximum absolute atomic E-state index is 11.8. The van der Waals surface area contributed by atoms with Crippen LogP contribution in [0.5, 0.6) is 0 Å². The van der Waals surface area contributed by atoms with Crippen molar-refractivity contribution in [2.45, 2.75) is 20.4 Å².